The molecule has 1 atom stereocenters. The first kappa shape index (κ1) is 41.9. The van der Waals surface area contributed by atoms with Gasteiger partial charge < -0.3 is 19.7 Å². The summed E-state index contributed by atoms with van der Waals surface area (Å²) in [5.41, 5.74) is 5.57. The fraction of sp³-hybridized carbons (Fsp3) is 0.300. The van der Waals surface area contributed by atoms with Gasteiger partial charge in [0.2, 0.25) is 0 Å². The largest absolute Gasteiger partial charge is 0.490 e. The number of hydrogen-bond acceptors (Lipinski definition) is 7. The predicted molar refractivity (Wildman–Crippen MR) is 157 cm³/mol. The zero-order valence-corrected chi connectivity index (χ0v) is 25.9. The molecule has 1 unspecified atom stereocenters. The zero-order chi connectivity index (χ0) is 38.7. The number of benzene rings is 1. The lowest BCUT2D eigenvalue weighted by Crippen LogP contribution is -2.46. The van der Waals surface area contributed by atoms with Gasteiger partial charge in [-0.25, -0.2) is 23.8 Å². The summed E-state index contributed by atoms with van der Waals surface area (Å²) in [4.78, 5) is 40.5. The molecule has 11 nitrogen and oxygen atoms in total. The van der Waals surface area contributed by atoms with Crippen molar-refractivity contribution in [2.45, 2.75) is 31.1 Å². The summed E-state index contributed by atoms with van der Waals surface area (Å²) in [5.74, 6) is -8.46. The van der Waals surface area contributed by atoms with Crippen molar-refractivity contribution in [1.29, 1.82) is 0 Å². The van der Waals surface area contributed by atoms with Crippen molar-refractivity contribution in [3.8, 4) is 11.1 Å². The van der Waals surface area contributed by atoms with Crippen LogP contribution in [0, 0.1) is 5.82 Å². The van der Waals surface area contributed by atoms with Crippen molar-refractivity contribution < 1.29 is 73.6 Å². The van der Waals surface area contributed by atoms with Crippen LogP contribution in [-0.2, 0) is 20.9 Å². The van der Waals surface area contributed by atoms with Gasteiger partial charge in [-0.1, -0.05) is 24.3 Å². The fourth-order valence-corrected chi connectivity index (χ4v) is 4.20. The van der Waals surface area contributed by atoms with Crippen molar-refractivity contribution in [1.82, 2.24) is 24.2 Å². The van der Waals surface area contributed by atoms with Gasteiger partial charge in [0.25, 0.3) is 0 Å². The molecule has 0 saturated carbocycles. The summed E-state index contributed by atoms with van der Waals surface area (Å²) in [6, 6.07) is 15.3. The number of likely N-dealkylation sites (N-methyl/N-ethyl adjacent to an activating group) is 1. The minimum absolute atomic E-state index is 0.190. The van der Waals surface area contributed by atoms with Gasteiger partial charge in [-0.2, -0.15) is 39.5 Å². The SMILES string of the molecule is CN1CCN(Cc2ccc(F)cc2)CC1c1ncn2cc(-c3cccnc3)ccc12.O=C(O)C(F)(F)F.O=C(O)C(F)(F)F.O=C(O)C(F)(F)F. The number of alkyl halides is 9. The number of carboxylic acids is 3. The predicted octanol–water partition coefficient (Wildman–Crippen LogP) is 5.92. The molecule has 1 fully saturated rings. The van der Waals surface area contributed by atoms with Gasteiger partial charge in [-0.05, 0) is 42.4 Å². The smallest absolute Gasteiger partial charge is 0.475 e. The second-order valence-electron chi connectivity index (χ2n) is 10.3. The van der Waals surface area contributed by atoms with E-state index in [1.807, 2.05) is 30.7 Å². The average molecular weight is 744 g/mol. The van der Waals surface area contributed by atoms with E-state index in [4.69, 9.17) is 34.7 Å². The molecule has 3 aromatic heterocycles. The molecule has 1 saturated heterocycles. The molecule has 1 aromatic carbocycles. The molecular formula is C30H27F10N5O6. The number of hydrogen-bond donors (Lipinski definition) is 3. The molecule has 0 bridgehead atoms. The molecule has 3 N–H and O–H groups in total. The number of rotatable bonds is 4. The van der Waals surface area contributed by atoms with Crippen molar-refractivity contribution in [2.24, 2.45) is 0 Å². The Morgan fingerprint density at radius 1 is 0.784 bits per heavy atom. The van der Waals surface area contributed by atoms with E-state index in [0.29, 0.717) is 0 Å². The Bertz CT molecular complexity index is 1690. The Morgan fingerprint density at radius 2 is 1.31 bits per heavy atom. The van der Waals surface area contributed by atoms with E-state index in [9.17, 15) is 43.9 Å². The Kier molecular flexibility index (Phi) is 14.4. The van der Waals surface area contributed by atoms with Gasteiger partial charge >= 0.3 is 36.4 Å². The molecule has 5 rings (SSSR count). The number of aliphatic carboxylic acids is 3. The lowest BCUT2D eigenvalue weighted by atomic mass is 10.1. The van der Waals surface area contributed by atoms with E-state index in [1.54, 1.807) is 6.20 Å². The Hall–Kier alpha value is -5.31. The van der Waals surface area contributed by atoms with E-state index in [0.717, 1.165) is 54.1 Å². The highest BCUT2D eigenvalue weighted by Gasteiger charge is 2.39. The Morgan fingerprint density at radius 3 is 1.78 bits per heavy atom. The number of pyridine rings is 2. The van der Waals surface area contributed by atoms with E-state index in [-0.39, 0.29) is 11.9 Å². The molecule has 21 heteroatoms. The number of nitrogens with zero attached hydrogens (tertiary/aromatic N) is 5. The van der Waals surface area contributed by atoms with Gasteiger partial charge in [0.1, 0.15) is 5.82 Å². The molecule has 0 radical (unpaired) electrons. The summed E-state index contributed by atoms with van der Waals surface area (Å²) < 4.78 is 111. The van der Waals surface area contributed by atoms with Gasteiger partial charge in [0.15, 0.2) is 0 Å². The van der Waals surface area contributed by atoms with E-state index < -0.39 is 36.4 Å². The highest BCUT2D eigenvalue weighted by Crippen LogP contribution is 2.29. The highest BCUT2D eigenvalue weighted by molar-refractivity contribution is 5.73. The number of halogens is 10. The molecule has 0 spiro atoms. The maximum absolute atomic E-state index is 13.2. The lowest BCUT2D eigenvalue weighted by Gasteiger charge is -2.39. The molecular weight excluding hydrogens is 716 g/mol. The summed E-state index contributed by atoms with van der Waals surface area (Å²) in [6.45, 7) is 3.67. The third-order valence-corrected chi connectivity index (χ3v) is 6.65. The molecule has 0 amide bonds. The highest BCUT2D eigenvalue weighted by atomic mass is 19.4. The number of piperazine rings is 1. The van der Waals surface area contributed by atoms with Crippen molar-refractivity contribution in [3.05, 3.63) is 90.5 Å². The van der Waals surface area contributed by atoms with Gasteiger partial charge in [0, 0.05) is 50.3 Å². The van der Waals surface area contributed by atoms with E-state index in [1.165, 1.54) is 12.1 Å². The summed E-state index contributed by atoms with van der Waals surface area (Å²) >= 11 is 0. The van der Waals surface area contributed by atoms with Crippen LogP contribution in [0.1, 0.15) is 17.3 Å². The van der Waals surface area contributed by atoms with Crippen LogP contribution >= 0.6 is 0 Å². The van der Waals surface area contributed by atoms with Crippen molar-refractivity contribution in [3.63, 3.8) is 0 Å². The number of carbonyl (C=O) groups is 3. The Balaban J connectivity index is 0.000000352. The van der Waals surface area contributed by atoms with Gasteiger partial charge in [-0.15, -0.1) is 0 Å². The lowest BCUT2D eigenvalue weighted by molar-refractivity contribution is -0.193. The van der Waals surface area contributed by atoms with E-state index >= 15 is 0 Å². The first-order chi connectivity index (χ1) is 23.5. The van der Waals surface area contributed by atoms with Crippen LogP contribution in [0.25, 0.3) is 16.6 Å². The summed E-state index contributed by atoms with van der Waals surface area (Å²) in [5, 5.41) is 21.4. The Labute approximate surface area is 281 Å². The molecule has 0 aliphatic carbocycles. The van der Waals surface area contributed by atoms with Crippen LogP contribution in [0.15, 0.2) is 73.4 Å². The monoisotopic (exact) mass is 743 g/mol. The van der Waals surface area contributed by atoms with Gasteiger partial charge in [-0.3, -0.25) is 14.8 Å². The summed E-state index contributed by atoms with van der Waals surface area (Å²) in [7, 11) is 2.16. The van der Waals surface area contributed by atoms with Crippen LogP contribution in [0.4, 0.5) is 43.9 Å². The van der Waals surface area contributed by atoms with Crippen molar-refractivity contribution >= 4 is 23.4 Å². The number of imidazole rings is 1. The molecule has 1 aliphatic heterocycles. The fourth-order valence-electron chi connectivity index (χ4n) is 4.20. The topological polar surface area (TPSA) is 149 Å². The van der Waals surface area contributed by atoms with Crippen LogP contribution in [0.5, 0.6) is 0 Å². The number of fused-ring (bicyclic) bond motifs is 1. The van der Waals surface area contributed by atoms with Crippen LogP contribution in [0.3, 0.4) is 0 Å². The second kappa shape index (κ2) is 17.6. The quantitative estimate of drug-likeness (QED) is 0.215. The molecule has 51 heavy (non-hydrogen) atoms. The molecule has 1 aliphatic rings. The minimum Gasteiger partial charge on any atom is -0.475 e. The normalized spacial score (nSPS) is 15.3. The van der Waals surface area contributed by atoms with E-state index in [2.05, 4.69) is 50.6 Å². The summed E-state index contributed by atoms with van der Waals surface area (Å²) in [6.07, 6.45) is -7.57. The zero-order valence-electron chi connectivity index (χ0n) is 25.9. The third-order valence-electron chi connectivity index (χ3n) is 6.65. The first-order valence-corrected chi connectivity index (χ1v) is 13.9. The van der Waals surface area contributed by atoms with Crippen LogP contribution in [0.2, 0.25) is 0 Å². The van der Waals surface area contributed by atoms with Crippen LogP contribution in [-0.4, -0.2) is 103 Å². The standard InChI is InChI=1S/C24H24FN5.3C2HF3O2/c1-28-11-12-29(14-18-4-7-21(25)8-5-18)16-23(28)24-22-9-6-20(15-30(22)17-27-24)19-3-2-10-26-13-19;3*3-2(4,5)1(6)7/h2-10,13,15,17,23H,11-12,14,16H2,1H3;3*(H,6,7). The number of carboxylic acid groups (broad SMARTS) is 3. The minimum atomic E-state index is -5.08. The van der Waals surface area contributed by atoms with Crippen LogP contribution < -0.4 is 0 Å². The molecule has 4 aromatic rings. The third kappa shape index (κ3) is 13.5. The molecule has 278 valence electrons. The van der Waals surface area contributed by atoms with Crippen molar-refractivity contribution in [2.75, 3.05) is 26.7 Å². The maximum Gasteiger partial charge on any atom is 0.490 e. The maximum atomic E-state index is 13.2. The molecule has 4 heterocycles. The van der Waals surface area contributed by atoms with Gasteiger partial charge in [0.05, 0.1) is 23.6 Å². The number of aromatic nitrogens is 3. The average Bonchev–Trinajstić information content (AvgIpc) is 3.46. The first-order valence-electron chi connectivity index (χ1n) is 13.9. The second-order valence-corrected chi connectivity index (χ2v) is 10.3.